The number of amides is 2. The van der Waals surface area contributed by atoms with Gasteiger partial charge in [0.15, 0.2) is 0 Å². The van der Waals surface area contributed by atoms with Crippen molar-refractivity contribution in [3.05, 3.63) is 0 Å². The van der Waals surface area contributed by atoms with Gasteiger partial charge >= 0.3 is 0 Å². The molecule has 2 heterocycles. The van der Waals surface area contributed by atoms with Crippen LogP contribution in [0.2, 0.25) is 0 Å². The summed E-state index contributed by atoms with van der Waals surface area (Å²) >= 11 is 0. The number of hydrogen-bond donors (Lipinski definition) is 2. The minimum Gasteiger partial charge on any atom is -0.354 e. The molecule has 2 aliphatic heterocycles. The van der Waals surface area contributed by atoms with Crippen molar-refractivity contribution in [3.63, 3.8) is 0 Å². The predicted octanol–water partition coefficient (Wildman–Crippen LogP) is 0.987. The number of likely N-dealkylation sites (tertiary alicyclic amines) is 2. The number of rotatable bonds is 6. The van der Waals surface area contributed by atoms with Gasteiger partial charge in [0.2, 0.25) is 11.8 Å². The first kappa shape index (κ1) is 18.7. The third-order valence-electron chi connectivity index (χ3n) is 6.36. The third kappa shape index (κ3) is 4.75. The Balaban J connectivity index is 1.40. The van der Waals surface area contributed by atoms with Crippen LogP contribution in [-0.2, 0) is 9.59 Å². The maximum absolute atomic E-state index is 12.6. The Bertz CT molecular complexity index is 466. The Labute approximate surface area is 152 Å². The predicted molar refractivity (Wildman–Crippen MR) is 98.3 cm³/mol. The average molecular weight is 351 g/mol. The van der Waals surface area contributed by atoms with Gasteiger partial charge in [0.05, 0.1) is 19.6 Å². The Hall–Kier alpha value is -1.10. The normalized spacial score (nSPS) is 33.8. The molecular weight excluding hydrogens is 314 g/mol. The number of nitrogens with zero attached hydrogens (tertiary/aromatic N) is 1. The van der Waals surface area contributed by atoms with Crippen LogP contribution in [0.4, 0.5) is 0 Å². The highest BCUT2D eigenvalue weighted by Gasteiger charge is 2.40. The van der Waals surface area contributed by atoms with Crippen LogP contribution in [0.3, 0.4) is 0 Å². The SMILES string of the molecule is CC1CC(C)C[NH+](CCCNC(=O)C2CCC(=O)N2C2CCCC2)C1. The summed E-state index contributed by atoms with van der Waals surface area (Å²) in [6, 6.07) is 0.101. The Morgan fingerprint density at radius 2 is 1.84 bits per heavy atom. The molecule has 142 valence electrons. The lowest BCUT2D eigenvalue weighted by molar-refractivity contribution is -0.912. The molecule has 0 aromatic heterocycles. The Morgan fingerprint density at radius 3 is 2.52 bits per heavy atom. The van der Waals surface area contributed by atoms with Crippen LogP contribution in [0.5, 0.6) is 0 Å². The molecule has 3 aliphatic rings. The third-order valence-corrected chi connectivity index (χ3v) is 6.36. The number of quaternary nitrogens is 1. The Morgan fingerprint density at radius 1 is 1.16 bits per heavy atom. The van der Waals surface area contributed by atoms with E-state index in [2.05, 4.69) is 19.2 Å². The summed E-state index contributed by atoms with van der Waals surface area (Å²) in [5, 5.41) is 3.11. The van der Waals surface area contributed by atoms with Crippen molar-refractivity contribution in [2.24, 2.45) is 11.8 Å². The number of hydrogen-bond acceptors (Lipinski definition) is 2. The zero-order chi connectivity index (χ0) is 17.8. The summed E-state index contributed by atoms with van der Waals surface area (Å²) in [6.07, 6.45) is 8.16. The first-order chi connectivity index (χ1) is 12.0. The van der Waals surface area contributed by atoms with Crippen LogP contribution in [0, 0.1) is 11.8 Å². The van der Waals surface area contributed by atoms with E-state index in [-0.39, 0.29) is 17.9 Å². The van der Waals surface area contributed by atoms with Crippen molar-refractivity contribution in [2.75, 3.05) is 26.2 Å². The van der Waals surface area contributed by atoms with Gasteiger partial charge in [-0.05, 0) is 25.7 Å². The second-order valence-corrected chi connectivity index (χ2v) is 8.79. The highest BCUT2D eigenvalue weighted by molar-refractivity contribution is 5.91. The highest BCUT2D eigenvalue weighted by Crippen LogP contribution is 2.30. The molecule has 3 unspecified atom stereocenters. The van der Waals surface area contributed by atoms with Gasteiger partial charge in [-0.2, -0.15) is 0 Å². The molecule has 1 saturated carbocycles. The number of carbonyl (C=O) groups is 2. The van der Waals surface area contributed by atoms with E-state index in [9.17, 15) is 9.59 Å². The van der Waals surface area contributed by atoms with Crippen molar-refractivity contribution in [1.29, 1.82) is 0 Å². The van der Waals surface area contributed by atoms with E-state index >= 15 is 0 Å². The molecule has 0 aromatic rings. The highest BCUT2D eigenvalue weighted by atomic mass is 16.2. The maximum Gasteiger partial charge on any atom is 0.242 e. The lowest BCUT2D eigenvalue weighted by Crippen LogP contribution is -3.14. The molecule has 0 spiro atoms. The molecule has 0 radical (unpaired) electrons. The molecule has 5 nitrogen and oxygen atoms in total. The van der Waals surface area contributed by atoms with Crippen LogP contribution >= 0.6 is 0 Å². The van der Waals surface area contributed by atoms with Crippen molar-refractivity contribution in [2.45, 2.75) is 77.3 Å². The molecule has 2 N–H and O–H groups in total. The van der Waals surface area contributed by atoms with E-state index in [0.29, 0.717) is 18.9 Å². The average Bonchev–Trinajstić information content (AvgIpc) is 3.19. The molecule has 3 fully saturated rings. The second-order valence-electron chi connectivity index (χ2n) is 8.79. The molecule has 0 aromatic carbocycles. The molecule has 3 rings (SSSR count). The van der Waals surface area contributed by atoms with Gasteiger partial charge in [-0.25, -0.2) is 0 Å². The van der Waals surface area contributed by atoms with Crippen LogP contribution in [-0.4, -0.2) is 55.0 Å². The second kappa shape index (κ2) is 8.52. The molecule has 5 heteroatoms. The summed E-state index contributed by atoms with van der Waals surface area (Å²) in [7, 11) is 0. The van der Waals surface area contributed by atoms with Crippen molar-refractivity contribution >= 4 is 11.8 Å². The summed E-state index contributed by atoms with van der Waals surface area (Å²) in [4.78, 5) is 28.4. The van der Waals surface area contributed by atoms with E-state index in [1.54, 1.807) is 4.90 Å². The van der Waals surface area contributed by atoms with E-state index in [1.165, 1.54) is 32.4 Å². The minimum atomic E-state index is -0.210. The largest absolute Gasteiger partial charge is 0.354 e. The number of piperidine rings is 1. The van der Waals surface area contributed by atoms with Crippen molar-refractivity contribution in [3.8, 4) is 0 Å². The van der Waals surface area contributed by atoms with Gasteiger partial charge in [0, 0.05) is 37.3 Å². The molecule has 2 saturated heterocycles. The van der Waals surface area contributed by atoms with Gasteiger partial charge in [-0.15, -0.1) is 0 Å². The Kier molecular flexibility index (Phi) is 6.37. The lowest BCUT2D eigenvalue weighted by atomic mass is 9.92. The fourth-order valence-corrected chi connectivity index (χ4v) is 5.39. The van der Waals surface area contributed by atoms with E-state index in [4.69, 9.17) is 0 Å². The quantitative estimate of drug-likeness (QED) is 0.702. The monoisotopic (exact) mass is 350 g/mol. The van der Waals surface area contributed by atoms with Gasteiger partial charge in [0.1, 0.15) is 6.04 Å². The van der Waals surface area contributed by atoms with Crippen LogP contribution in [0.25, 0.3) is 0 Å². The fraction of sp³-hybridized carbons (Fsp3) is 0.900. The van der Waals surface area contributed by atoms with Gasteiger partial charge in [0.25, 0.3) is 0 Å². The van der Waals surface area contributed by atoms with E-state index < -0.39 is 0 Å². The smallest absolute Gasteiger partial charge is 0.242 e. The summed E-state index contributed by atoms with van der Waals surface area (Å²) < 4.78 is 0. The molecule has 3 atom stereocenters. The van der Waals surface area contributed by atoms with E-state index in [0.717, 1.165) is 44.2 Å². The maximum atomic E-state index is 12.6. The lowest BCUT2D eigenvalue weighted by Gasteiger charge is -2.32. The topological polar surface area (TPSA) is 53.9 Å². The standard InChI is InChI=1S/C20H35N3O2/c1-15-12-16(2)14-22(13-15)11-5-10-21-20(25)18-8-9-19(24)23(18)17-6-3-4-7-17/h15-18H,3-14H2,1-2H3,(H,21,25)/p+1. The number of carbonyl (C=O) groups excluding carboxylic acids is 2. The first-order valence-electron chi connectivity index (χ1n) is 10.5. The zero-order valence-electron chi connectivity index (χ0n) is 16.1. The van der Waals surface area contributed by atoms with Crippen molar-refractivity contribution in [1.82, 2.24) is 10.2 Å². The molecule has 2 amide bonds. The van der Waals surface area contributed by atoms with Crippen molar-refractivity contribution < 1.29 is 14.5 Å². The summed E-state index contributed by atoms with van der Waals surface area (Å²) in [6.45, 7) is 9.13. The molecule has 25 heavy (non-hydrogen) atoms. The van der Waals surface area contributed by atoms with E-state index in [1.807, 2.05) is 4.90 Å². The van der Waals surface area contributed by atoms with Gasteiger partial charge in [-0.3, -0.25) is 9.59 Å². The van der Waals surface area contributed by atoms with Crippen LogP contribution in [0.15, 0.2) is 0 Å². The first-order valence-corrected chi connectivity index (χ1v) is 10.5. The van der Waals surface area contributed by atoms with Gasteiger partial charge < -0.3 is 15.1 Å². The van der Waals surface area contributed by atoms with Gasteiger partial charge in [-0.1, -0.05) is 26.7 Å². The molecular formula is C20H36N3O2+. The number of nitrogens with one attached hydrogen (secondary N) is 2. The molecule has 0 bridgehead atoms. The molecule has 1 aliphatic carbocycles. The minimum absolute atomic E-state index is 0.0770. The zero-order valence-corrected chi connectivity index (χ0v) is 16.1. The summed E-state index contributed by atoms with van der Waals surface area (Å²) in [5.41, 5.74) is 0. The van der Waals surface area contributed by atoms with Crippen LogP contribution in [0.1, 0.15) is 65.2 Å². The van der Waals surface area contributed by atoms with Crippen LogP contribution < -0.4 is 10.2 Å². The summed E-state index contributed by atoms with van der Waals surface area (Å²) in [5.74, 6) is 1.90. The fourth-order valence-electron chi connectivity index (χ4n) is 5.39.